The Hall–Kier alpha value is -2.94. The number of benzene rings is 3. The average molecular weight is 347 g/mol. The topological polar surface area (TPSA) is 29.1 Å². The fourth-order valence-electron chi connectivity index (χ4n) is 3.00. The highest BCUT2D eigenvalue weighted by molar-refractivity contribution is 5.77. The summed E-state index contributed by atoms with van der Waals surface area (Å²) in [6, 6.07) is 24.2. The van der Waals surface area contributed by atoms with E-state index >= 15 is 0 Å². The summed E-state index contributed by atoms with van der Waals surface area (Å²) in [5, 5.41) is 3.15. The fraction of sp³-hybridized carbons (Fsp3) is 0.174. The van der Waals surface area contributed by atoms with Crippen molar-refractivity contribution in [3.63, 3.8) is 0 Å². The van der Waals surface area contributed by atoms with E-state index in [0.29, 0.717) is 12.8 Å². The summed E-state index contributed by atoms with van der Waals surface area (Å²) in [4.78, 5) is 12.5. The van der Waals surface area contributed by atoms with Crippen molar-refractivity contribution in [2.75, 3.05) is 0 Å². The number of nitrogens with one attached hydrogen (secondary N) is 1. The molecule has 3 aromatic rings. The van der Waals surface area contributed by atoms with Gasteiger partial charge in [-0.1, -0.05) is 72.3 Å². The Morgan fingerprint density at radius 3 is 2.31 bits per heavy atom. The summed E-state index contributed by atoms with van der Waals surface area (Å²) >= 11 is 0. The molecule has 0 aromatic heterocycles. The van der Waals surface area contributed by atoms with E-state index < -0.39 is 0 Å². The van der Waals surface area contributed by atoms with E-state index in [9.17, 15) is 9.18 Å². The summed E-state index contributed by atoms with van der Waals surface area (Å²) < 4.78 is 13.0. The summed E-state index contributed by atoms with van der Waals surface area (Å²) in [6.07, 6.45) is 0.947. The normalized spacial score (nSPS) is 11.8. The zero-order valence-corrected chi connectivity index (χ0v) is 14.8. The average Bonchev–Trinajstić information content (AvgIpc) is 2.66. The minimum absolute atomic E-state index is 0.0234. The van der Waals surface area contributed by atoms with Crippen molar-refractivity contribution in [1.29, 1.82) is 0 Å². The summed E-state index contributed by atoms with van der Waals surface area (Å²) in [5.41, 5.74) is 4.22. The third kappa shape index (κ3) is 4.79. The molecular weight excluding hydrogens is 325 g/mol. The molecule has 0 fully saturated rings. The molecule has 0 aliphatic heterocycles. The van der Waals surface area contributed by atoms with Crippen LogP contribution in [0.4, 0.5) is 4.39 Å². The Balaban J connectivity index is 1.73. The number of rotatable bonds is 6. The highest BCUT2D eigenvalue weighted by atomic mass is 19.1. The molecule has 0 bridgehead atoms. The maximum absolute atomic E-state index is 13.0. The molecule has 3 heteroatoms. The molecule has 26 heavy (non-hydrogen) atoms. The standard InChI is InChI=1S/C23H22FNO/c1-17-6-5-9-20(16-17)23(19-7-3-2-4-8-19)25-22(26)15-12-18-10-13-21(24)14-11-18/h2-11,13-14,16,23H,12,15H2,1H3,(H,25,26). The first-order valence-electron chi connectivity index (χ1n) is 8.77. The summed E-state index contributed by atoms with van der Waals surface area (Å²) in [5.74, 6) is -0.286. The molecule has 0 saturated carbocycles. The number of amides is 1. The summed E-state index contributed by atoms with van der Waals surface area (Å²) in [6.45, 7) is 2.04. The zero-order chi connectivity index (χ0) is 18.4. The van der Waals surface area contributed by atoms with Gasteiger partial charge < -0.3 is 5.32 Å². The first-order chi connectivity index (χ1) is 12.6. The lowest BCUT2D eigenvalue weighted by Gasteiger charge is -2.20. The van der Waals surface area contributed by atoms with Crippen LogP contribution in [-0.4, -0.2) is 5.91 Å². The first-order valence-corrected chi connectivity index (χ1v) is 8.77. The predicted octanol–water partition coefficient (Wildman–Crippen LogP) is 4.97. The van der Waals surface area contributed by atoms with Gasteiger partial charge >= 0.3 is 0 Å². The van der Waals surface area contributed by atoms with Crippen LogP contribution in [0.25, 0.3) is 0 Å². The molecule has 3 aromatic carbocycles. The second-order valence-corrected chi connectivity index (χ2v) is 6.45. The van der Waals surface area contributed by atoms with E-state index in [1.165, 1.54) is 12.1 Å². The maximum Gasteiger partial charge on any atom is 0.221 e. The molecular formula is C23H22FNO. The third-order valence-corrected chi connectivity index (χ3v) is 4.37. The van der Waals surface area contributed by atoms with Gasteiger partial charge in [-0.05, 0) is 42.2 Å². The molecule has 0 saturated heterocycles. The molecule has 3 rings (SSSR count). The van der Waals surface area contributed by atoms with E-state index in [2.05, 4.69) is 11.4 Å². The first kappa shape index (κ1) is 17.9. The van der Waals surface area contributed by atoms with Crippen LogP contribution < -0.4 is 5.32 Å². The number of halogens is 1. The van der Waals surface area contributed by atoms with E-state index in [4.69, 9.17) is 0 Å². The van der Waals surface area contributed by atoms with Crippen molar-refractivity contribution in [2.24, 2.45) is 0 Å². The second kappa shape index (κ2) is 8.43. The van der Waals surface area contributed by atoms with Crippen molar-refractivity contribution in [3.05, 3.63) is 107 Å². The van der Waals surface area contributed by atoms with Crippen LogP contribution >= 0.6 is 0 Å². The number of hydrogen-bond acceptors (Lipinski definition) is 1. The van der Waals surface area contributed by atoms with Crippen LogP contribution in [0, 0.1) is 12.7 Å². The van der Waals surface area contributed by atoms with Crippen LogP contribution in [0.1, 0.15) is 34.7 Å². The molecule has 0 spiro atoms. The largest absolute Gasteiger partial charge is 0.345 e. The Morgan fingerprint density at radius 1 is 0.923 bits per heavy atom. The van der Waals surface area contributed by atoms with Crippen LogP contribution in [0.3, 0.4) is 0 Å². The van der Waals surface area contributed by atoms with Crippen molar-refractivity contribution in [1.82, 2.24) is 5.32 Å². The van der Waals surface area contributed by atoms with E-state index in [1.807, 2.05) is 55.5 Å². The van der Waals surface area contributed by atoms with Gasteiger partial charge in [-0.2, -0.15) is 0 Å². The van der Waals surface area contributed by atoms with Gasteiger partial charge in [-0.3, -0.25) is 4.79 Å². The van der Waals surface area contributed by atoms with Gasteiger partial charge in [-0.25, -0.2) is 4.39 Å². The second-order valence-electron chi connectivity index (χ2n) is 6.45. The summed E-state index contributed by atoms with van der Waals surface area (Å²) in [7, 11) is 0. The van der Waals surface area contributed by atoms with Gasteiger partial charge in [0, 0.05) is 6.42 Å². The van der Waals surface area contributed by atoms with Gasteiger partial charge in [0.25, 0.3) is 0 Å². The highest BCUT2D eigenvalue weighted by Crippen LogP contribution is 2.23. The van der Waals surface area contributed by atoms with Crippen LogP contribution in [0.2, 0.25) is 0 Å². The maximum atomic E-state index is 13.0. The van der Waals surface area contributed by atoms with Crippen molar-refractivity contribution < 1.29 is 9.18 Å². The molecule has 1 N–H and O–H groups in total. The lowest BCUT2D eigenvalue weighted by molar-refractivity contribution is -0.121. The van der Waals surface area contributed by atoms with E-state index in [1.54, 1.807) is 12.1 Å². The number of hydrogen-bond donors (Lipinski definition) is 1. The fourth-order valence-corrected chi connectivity index (χ4v) is 3.00. The van der Waals surface area contributed by atoms with Crippen LogP contribution in [0.15, 0.2) is 78.9 Å². The molecule has 1 atom stereocenters. The molecule has 1 amide bonds. The zero-order valence-electron chi connectivity index (χ0n) is 14.8. The molecule has 0 aliphatic rings. The van der Waals surface area contributed by atoms with Gasteiger partial charge in [0.1, 0.15) is 5.82 Å². The quantitative estimate of drug-likeness (QED) is 0.670. The smallest absolute Gasteiger partial charge is 0.221 e. The number of carbonyl (C=O) groups excluding carboxylic acids is 1. The van der Waals surface area contributed by atoms with Gasteiger partial charge in [0.2, 0.25) is 5.91 Å². The monoisotopic (exact) mass is 347 g/mol. The lowest BCUT2D eigenvalue weighted by atomic mass is 9.97. The van der Waals surface area contributed by atoms with Gasteiger partial charge in [0.05, 0.1) is 6.04 Å². The predicted molar refractivity (Wildman–Crippen MR) is 102 cm³/mol. The lowest BCUT2D eigenvalue weighted by Crippen LogP contribution is -2.29. The van der Waals surface area contributed by atoms with E-state index in [-0.39, 0.29) is 17.8 Å². The minimum Gasteiger partial charge on any atom is -0.345 e. The number of aryl methyl sites for hydroxylation is 2. The highest BCUT2D eigenvalue weighted by Gasteiger charge is 2.16. The molecule has 2 nitrogen and oxygen atoms in total. The Morgan fingerprint density at radius 2 is 1.62 bits per heavy atom. The van der Waals surface area contributed by atoms with Crippen molar-refractivity contribution in [3.8, 4) is 0 Å². The van der Waals surface area contributed by atoms with Gasteiger partial charge in [0.15, 0.2) is 0 Å². The number of carbonyl (C=O) groups is 1. The van der Waals surface area contributed by atoms with Gasteiger partial charge in [-0.15, -0.1) is 0 Å². The van der Waals surface area contributed by atoms with Crippen LogP contribution in [0.5, 0.6) is 0 Å². The SMILES string of the molecule is Cc1cccc(C(NC(=O)CCc2ccc(F)cc2)c2ccccc2)c1. The van der Waals surface area contributed by atoms with E-state index in [0.717, 1.165) is 22.3 Å². The Kier molecular flexibility index (Phi) is 5.80. The minimum atomic E-state index is -0.262. The molecule has 0 radical (unpaired) electrons. The van der Waals surface area contributed by atoms with Crippen molar-refractivity contribution in [2.45, 2.75) is 25.8 Å². The Labute approximate surface area is 153 Å². The molecule has 1 unspecified atom stereocenters. The van der Waals surface area contributed by atoms with Crippen LogP contribution in [-0.2, 0) is 11.2 Å². The molecule has 0 aliphatic carbocycles. The third-order valence-electron chi connectivity index (χ3n) is 4.37. The van der Waals surface area contributed by atoms with Crippen molar-refractivity contribution >= 4 is 5.91 Å². The molecule has 132 valence electrons. The molecule has 0 heterocycles. The Bertz CT molecular complexity index is 859.